The summed E-state index contributed by atoms with van der Waals surface area (Å²) in [6.07, 6.45) is 6.56. The largest absolute Gasteiger partial charge is 0.330 e. The van der Waals surface area contributed by atoms with E-state index in [9.17, 15) is 0 Å². The van der Waals surface area contributed by atoms with E-state index in [1.807, 2.05) is 0 Å². The first kappa shape index (κ1) is 6.56. The molecule has 1 heteroatoms. The average molecular weight is 123 g/mol. The van der Waals surface area contributed by atoms with Gasteiger partial charge in [0, 0.05) is 0 Å². The third-order valence-corrected chi connectivity index (χ3v) is 1.74. The second-order valence-electron chi connectivity index (χ2n) is 2.43. The standard InChI is InChI=1S/C8H13N/c1-7-3-2-4-8(7)5-6-9/h2-3H,4-6,9H2,1H3. The molecule has 1 aliphatic rings. The molecule has 1 aliphatic carbocycles. The molecule has 0 fully saturated rings. The minimum Gasteiger partial charge on any atom is -0.330 e. The Kier molecular flexibility index (Phi) is 2.06. The zero-order chi connectivity index (χ0) is 6.69. The summed E-state index contributed by atoms with van der Waals surface area (Å²) in [6.45, 7) is 2.93. The SMILES string of the molecule is CC1=C(CCN)CC=C1. The van der Waals surface area contributed by atoms with Crippen LogP contribution in [0.15, 0.2) is 23.3 Å². The predicted octanol–water partition coefficient (Wildman–Crippen LogP) is 1.61. The van der Waals surface area contributed by atoms with E-state index in [-0.39, 0.29) is 0 Å². The molecule has 0 spiro atoms. The lowest BCUT2D eigenvalue weighted by Crippen LogP contribution is -1.99. The van der Waals surface area contributed by atoms with Crippen LogP contribution in [0.25, 0.3) is 0 Å². The van der Waals surface area contributed by atoms with Crippen molar-refractivity contribution >= 4 is 0 Å². The molecule has 9 heavy (non-hydrogen) atoms. The second kappa shape index (κ2) is 2.83. The van der Waals surface area contributed by atoms with Crippen molar-refractivity contribution in [1.29, 1.82) is 0 Å². The molecule has 0 saturated carbocycles. The summed E-state index contributed by atoms with van der Waals surface area (Å²) in [6, 6.07) is 0. The van der Waals surface area contributed by atoms with Gasteiger partial charge in [0.15, 0.2) is 0 Å². The van der Waals surface area contributed by atoms with Crippen molar-refractivity contribution in [1.82, 2.24) is 0 Å². The molecule has 1 nitrogen and oxygen atoms in total. The van der Waals surface area contributed by atoms with E-state index in [4.69, 9.17) is 5.73 Å². The van der Waals surface area contributed by atoms with Crippen molar-refractivity contribution in [2.24, 2.45) is 5.73 Å². The highest BCUT2D eigenvalue weighted by molar-refractivity contribution is 5.31. The van der Waals surface area contributed by atoms with Crippen LogP contribution >= 0.6 is 0 Å². The molecule has 1 rings (SSSR count). The topological polar surface area (TPSA) is 26.0 Å². The monoisotopic (exact) mass is 123 g/mol. The lowest BCUT2D eigenvalue weighted by molar-refractivity contribution is 0.919. The van der Waals surface area contributed by atoms with Crippen molar-refractivity contribution in [2.45, 2.75) is 19.8 Å². The van der Waals surface area contributed by atoms with Gasteiger partial charge in [-0.05, 0) is 26.3 Å². The number of nitrogens with two attached hydrogens (primary N) is 1. The molecular weight excluding hydrogens is 110 g/mol. The van der Waals surface area contributed by atoms with E-state index in [0.29, 0.717) is 0 Å². The Balaban J connectivity index is 2.51. The van der Waals surface area contributed by atoms with E-state index in [0.717, 1.165) is 19.4 Å². The van der Waals surface area contributed by atoms with Gasteiger partial charge in [-0.3, -0.25) is 0 Å². The molecule has 0 atom stereocenters. The average Bonchev–Trinajstić information content (AvgIpc) is 2.18. The Morgan fingerprint density at radius 1 is 1.67 bits per heavy atom. The molecule has 0 aliphatic heterocycles. The summed E-state index contributed by atoms with van der Waals surface area (Å²) in [7, 11) is 0. The molecule has 0 aromatic carbocycles. The molecule has 2 N–H and O–H groups in total. The number of allylic oxidation sites excluding steroid dienone is 3. The van der Waals surface area contributed by atoms with Gasteiger partial charge >= 0.3 is 0 Å². The van der Waals surface area contributed by atoms with Gasteiger partial charge in [-0.15, -0.1) is 0 Å². The van der Waals surface area contributed by atoms with E-state index in [1.165, 1.54) is 11.1 Å². The van der Waals surface area contributed by atoms with Crippen molar-refractivity contribution < 1.29 is 0 Å². The zero-order valence-electron chi connectivity index (χ0n) is 5.85. The summed E-state index contributed by atoms with van der Waals surface area (Å²) < 4.78 is 0. The minimum atomic E-state index is 0.786. The maximum atomic E-state index is 5.41. The molecule has 0 unspecified atom stereocenters. The summed E-state index contributed by atoms with van der Waals surface area (Å²) in [5.41, 5.74) is 8.34. The molecule has 0 amide bonds. The molecule has 0 heterocycles. The second-order valence-corrected chi connectivity index (χ2v) is 2.43. The van der Waals surface area contributed by atoms with Crippen LogP contribution in [0.3, 0.4) is 0 Å². The van der Waals surface area contributed by atoms with Gasteiger partial charge in [-0.25, -0.2) is 0 Å². The van der Waals surface area contributed by atoms with E-state index in [1.54, 1.807) is 0 Å². The van der Waals surface area contributed by atoms with Crippen molar-refractivity contribution in [3.63, 3.8) is 0 Å². The number of hydrogen-bond donors (Lipinski definition) is 1. The third kappa shape index (κ3) is 1.42. The van der Waals surface area contributed by atoms with Crippen LogP contribution in [0.1, 0.15) is 19.8 Å². The summed E-state index contributed by atoms with van der Waals surface area (Å²) in [5.74, 6) is 0. The molecule has 0 saturated heterocycles. The van der Waals surface area contributed by atoms with Crippen LogP contribution in [0, 0.1) is 0 Å². The fraction of sp³-hybridized carbons (Fsp3) is 0.500. The number of hydrogen-bond acceptors (Lipinski definition) is 1. The highest BCUT2D eigenvalue weighted by atomic mass is 14.5. The smallest absolute Gasteiger partial charge is 0.00396 e. The quantitative estimate of drug-likeness (QED) is 0.593. The van der Waals surface area contributed by atoms with Crippen molar-refractivity contribution in [3.8, 4) is 0 Å². The normalized spacial score (nSPS) is 17.6. The Morgan fingerprint density at radius 3 is 2.89 bits per heavy atom. The van der Waals surface area contributed by atoms with Crippen LogP contribution in [0.2, 0.25) is 0 Å². The lowest BCUT2D eigenvalue weighted by atomic mass is 10.1. The Hall–Kier alpha value is -0.560. The lowest BCUT2D eigenvalue weighted by Gasteiger charge is -1.98. The van der Waals surface area contributed by atoms with Crippen LogP contribution in [0.4, 0.5) is 0 Å². The first-order chi connectivity index (χ1) is 4.34. The maximum absolute atomic E-state index is 5.41. The van der Waals surface area contributed by atoms with Crippen molar-refractivity contribution in [3.05, 3.63) is 23.3 Å². The van der Waals surface area contributed by atoms with Crippen LogP contribution in [-0.2, 0) is 0 Å². The van der Waals surface area contributed by atoms with Gasteiger partial charge in [-0.1, -0.05) is 23.3 Å². The molecule has 0 bridgehead atoms. The minimum absolute atomic E-state index is 0.786. The van der Waals surface area contributed by atoms with Gasteiger partial charge in [-0.2, -0.15) is 0 Å². The summed E-state index contributed by atoms with van der Waals surface area (Å²) in [5, 5.41) is 0. The van der Waals surface area contributed by atoms with E-state index < -0.39 is 0 Å². The van der Waals surface area contributed by atoms with Gasteiger partial charge in [0.2, 0.25) is 0 Å². The van der Waals surface area contributed by atoms with E-state index >= 15 is 0 Å². The molecular formula is C8H13N. The van der Waals surface area contributed by atoms with Gasteiger partial charge in [0.05, 0.1) is 0 Å². The molecule has 0 aromatic heterocycles. The number of rotatable bonds is 2. The fourth-order valence-corrected chi connectivity index (χ4v) is 1.13. The Bertz CT molecular complexity index is 154. The van der Waals surface area contributed by atoms with Crippen LogP contribution in [0.5, 0.6) is 0 Å². The van der Waals surface area contributed by atoms with Gasteiger partial charge in [0.25, 0.3) is 0 Å². The first-order valence-electron chi connectivity index (χ1n) is 3.40. The Labute approximate surface area is 56.2 Å². The summed E-state index contributed by atoms with van der Waals surface area (Å²) >= 11 is 0. The molecule has 0 radical (unpaired) electrons. The molecule has 50 valence electrons. The third-order valence-electron chi connectivity index (χ3n) is 1.74. The van der Waals surface area contributed by atoms with Gasteiger partial charge < -0.3 is 5.73 Å². The molecule has 0 aromatic rings. The van der Waals surface area contributed by atoms with Crippen LogP contribution in [-0.4, -0.2) is 6.54 Å². The first-order valence-corrected chi connectivity index (χ1v) is 3.40. The van der Waals surface area contributed by atoms with E-state index in [2.05, 4.69) is 19.1 Å². The predicted molar refractivity (Wildman–Crippen MR) is 40.1 cm³/mol. The van der Waals surface area contributed by atoms with Crippen molar-refractivity contribution in [2.75, 3.05) is 6.54 Å². The van der Waals surface area contributed by atoms with Gasteiger partial charge in [0.1, 0.15) is 0 Å². The highest BCUT2D eigenvalue weighted by Crippen LogP contribution is 2.20. The maximum Gasteiger partial charge on any atom is -0.00396 e. The summed E-state index contributed by atoms with van der Waals surface area (Å²) in [4.78, 5) is 0. The highest BCUT2D eigenvalue weighted by Gasteiger charge is 2.02. The Morgan fingerprint density at radius 2 is 2.44 bits per heavy atom. The zero-order valence-corrected chi connectivity index (χ0v) is 5.85. The van der Waals surface area contributed by atoms with Crippen LogP contribution < -0.4 is 5.73 Å². The fourth-order valence-electron chi connectivity index (χ4n) is 1.13.